The summed E-state index contributed by atoms with van der Waals surface area (Å²) in [5.41, 5.74) is 1.79. The Labute approximate surface area is 136 Å². The smallest absolute Gasteiger partial charge is 0.251 e. The molecule has 1 N–H and O–H groups in total. The van der Waals surface area contributed by atoms with E-state index in [9.17, 15) is 4.79 Å². The van der Waals surface area contributed by atoms with Gasteiger partial charge in [-0.25, -0.2) is 0 Å². The Morgan fingerprint density at radius 3 is 2.43 bits per heavy atom. The number of rotatable bonds is 2. The van der Waals surface area contributed by atoms with E-state index in [0.29, 0.717) is 0 Å². The van der Waals surface area contributed by atoms with E-state index in [2.05, 4.69) is 10.3 Å². The number of carbonyl (C=O) groups is 1. The molecule has 0 unspecified atom stereocenters. The first-order valence-electron chi connectivity index (χ1n) is 8.86. The summed E-state index contributed by atoms with van der Waals surface area (Å²) in [6.07, 6.45) is 9.57. The van der Waals surface area contributed by atoms with E-state index in [4.69, 9.17) is 0 Å². The molecule has 1 heterocycles. The lowest BCUT2D eigenvalue weighted by molar-refractivity contribution is -0.0166. The lowest BCUT2D eigenvalue weighted by atomic mass is 9.53. The van der Waals surface area contributed by atoms with E-state index >= 15 is 0 Å². The monoisotopic (exact) mass is 306 g/mol. The van der Waals surface area contributed by atoms with Crippen LogP contribution in [0.1, 0.15) is 48.9 Å². The van der Waals surface area contributed by atoms with Gasteiger partial charge in [-0.2, -0.15) is 0 Å². The first-order chi connectivity index (χ1) is 11.2. The van der Waals surface area contributed by atoms with Gasteiger partial charge in [0, 0.05) is 22.7 Å². The fraction of sp³-hybridized carbons (Fsp3) is 0.500. The second-order valence-electron chi connectivity index (χ2n) is 8.06. The van der Waals surface area contributed by atoms with Crippen molar-refractivity contribution < 1.29 is 4.79 Å². The molecule has 3 nitrogen and oxygen atoms in total. The Kier molecular flexibility index (Phi) is 2.82. The molecule has 1 aromatic heterocycles. The fourth-order valence-corrected chi connectivity index (χ4v) is 5.79. The molecule has 4 aliphatic carbocycles. The minimum atomic E-state index is 0.0791. The van der Waals surface area contributed by atoms with Gasteiger partial charge in [-0.05, 0) is 80.5 Å². The highest BCUT2D eigenvalue weighted by atomic mass is 16.1. The SMILES string of the molecule is O=C(NC12CC3CC(CC(C3)C1)C2)c1ccc2ncccc2c1. The minimum Gasteiger partial charge on any atom is -0.347 e. The van der Waals surface area contributed by atoms with Gasteiger partial charge in [0.25, 0.3) is 5.91 Å². The van der Waals surface area contributed by atoms with Crippen molar-refractivity contribution in [3.63, 3.8) is 0 Å². The summed E-state index contributed by atoms with van der Waals surface area (Å²) in [4.78, 5) is 17.2. The largest absolute Gasteiger partial charge is 0.347 e. The van der Waals surface area contributed by atoms with E-state index in [0.717, 1.165) is 34.2 Å². The summed E-state index contributed by atoms with van der Waals surface area (Å²) in [6, 6.07) is 9.76. The molecule has 4 fully saturated rings. The van der Waals surface area contributed by atoms with Crippen molar-refractivity contribution in [3.05, 3.63) is 42.1 Å². The first kappa shape index (κ1) is 13.5. The molecule has 0 spiro atoms. The van der Waals surface area contributed by atoms with E-state index in [1.54, 1.807) is 6.20 Å². The summed E-state index contributed by atoms with van der Waals surface area (Å²) in [5, 5.41) is 4.48. The number of benzene rings is 1. The quantitative estimate of drug-likeness (QED) is 0.913. The zero-order valence-corrected chi connectivity index (χ0v) is 13.3. The topological polar surface area (TPSA) is 42.0 Å². The number of fused-ring (bicyclic) bond motifs is 1. The zero-order valence-electron chi connectivity index (χ0n) is 13.3. The second-order valence-corrected chi connectivity index (χ2v) is 8.06. The van der Waals surface area contributed by atoms with Crippen LogP contribution in [0.4, 0.5) is 0 Å². The third kappa shape index (κ3) is 2.25. The highest BCUT2D eigenvalue weighted by molar-refractivity contribution is 5.98. The summed E-state index contributed by atoms with van der Waals surface area (Å²) >= 11 is 0. The molecular formula is C20H22N2O. The van der Waals surface area contributed by atoms with Gasteiger partial charge in [-0.3, -0.25) is 9.78 Å². The van der Waals surface area contributed by atoms with Gasteiger partial charge in [0.05, 0.1) is 5.52 Å². The molecule has 23 heavy (non-hydrogen) atoms. The molecule has 3 heteroatoms. The van der Waals surface area contributed by atoms with Crippen molar-refractivity contribution >= 4 is 16.8 Å². The van der Waals surface area contributed by atoms with Crippen LogP contribution in [0.3, 0.4) is 0 Å². The van der Waals surface area contributed by atoms with Crippen LogP contribution in [0.25, 0.3) is 10.9 Å². The molecule has 1 aromatic carbocycles. The Morgan fingerprint density at radius 2 is 1.74 bits per heavy atom. The number of nitrogens with zero attached hydrogens (tertiary/aromatic N) is 1. The Morgan fingerprint density at radius 1 is 1.04 bits per heavy atom. The van der Waals surface area contributed by atoms with Gasteiger partial charge < -0.3 is 5.32 Å². The van der Waals surface area contributed by atoms with Gasteiger partial charge in [-0.15, -0.1) is 0 Å². The molecule has 2 aromatic rings. The molecule has 0 aliphatic heterocycles. The number of hydrogen-bond donors (Lipinski definition) is 1. The molecule has 4 aliphatic rings. The van der Waals surface area contributed by atoms with E-state index in [-0.39, 0.29) is 11.4 Å². The number of hydrogen-bond acceptors (Lipinski definition) is 2. The lowest BCUT2D eigenvalue weighted by Crippen LogP contribution is -2.59. The van der Waals surface area contributed by atoms with Crippen LogP contribution < -0.4 is 5.32 Å². The molecule has 1 amide bonds. The summed E-state index contributed by atoms with van der Waals surface area (Å²) < 4.78 is 0. The molecule has 118 valence electrons. The van der Waals surface area contributed by atoms with Gasteiger partial charge in [0.2, 0.25) is 0 Å². The maximum absolute atomic E-state index is 12.8. The standard InChI is InChI=1S/C20H22N2O/c23-19(17-3-4-18-16(9-17)2-1-5-21-18)22-20-10-13-6-14(11-20)8-15(7-13)12-20/h1-5,9,13-15H,6-8,10-12H2,(H,22,23). The van der Waals surface area contributed by atoms with Crippen LogP contribution in [0.15, 0.2) is 36.5 Å². The number of pyridine rings is 1. The minimum absolute atomic E-state index is 0.0791. The average Bonchev–Trinajstić information content (AvgIpc) is 2.52. The van der Waals surface area contributed by atoms with Crippen LogP contribution in [0, 0.1) is 17.8 Å². The van der Waals surface area contributed by atoms with Gasteiger partial charge >= 0.3 is 0 Å². The van der Waals surface area contributed by atoms with Crippen LogP contribution in [0.5, 0.6) is 0 Å². The van der Waals surface area contributed by atoms with E-state index in [1.807, 2.05) is 30.3 Å². The summed E-state index contributed by atoms with van der Waals surface area (Å²) in [5.74, 6) is 2.64. The molecule has 0 saturated heterocycles. The number of amides is 1. The molecule has 0 radical (unpaired) electrons. The summed E-state index contributed by atoms with van der Waals surface area (Å²) in [7, 11) is 0. The number of nitrogens with one attached hydrogen (secondary N) is 1. The second kappa shape index (κ2) is 4.80. The number of carbonyl (C=O) groups excluding carboxylic acids is 1. The van der Waals surface area contributed by atoms with Crippen LogP contribution >= 0.6 is 0 Å². The molecular weight excluding hydrogens is 284 g/mol. The predicted molar refractivity (Wildman–Crippen MR) is 90.1 cm³/mol. The maximum atomic E-state index is 12.8. The normalized spacial score (nSPS) is 34.7. The van der Waals surface area contributed by atoms with Crippen molar-refractivity contribution in [1.82, 2.24) is 10.3 Å². The van der Waals surface area contributed by atoms with E-state index < -0.39 is 0 Å². The predicted octanol–water partition coefficient (Wildman–Crippen LogP) is 3.93. The van der Waals surface area contributed by atoms with Crippen LogP contribution in [0.2, 0.25) is 0 Å². The maximum Gasteiger partial charge on any atom is 0.251 e. The molecule has 0 atom stereocenters. The molecule has 4 bridgehead atoms. The van der Waals surface area contributed by atoms with Gasteiger partial charge in [0.1, 0.15) is 0 Å². The van der Waals surface area contributed by atoms with Crippen molar-refractivity contribution in [1.29, 1.82) is 0 Å². The third-order valence-electron chi connectivity index (χ3n) is 6.28. The van der Waals surface area contributed by atoms with Crippen LogP contribution in [-0.2, 0) is 0 Å². The Bertz CT molecular complexity index is 747. The molecule has 6 rings (SSSR count). The first-order valence-corrected chi connectivity index (χ1v) is 8.86. The highest BCUT2D eigenvalue weighted by Crippen LogP contribution is 2.55. The van der Waals surface area contributed by atoms with Crippen LogP contribution in [-0.4, -0.2) is 16.4 Å². The van der Waals surface area contributed by atoms with E-state index in [1.165, 1.54) is 38.5 Å². The lowest BCUT2D eigenvalue weighted by Gasteiger charge is -2.56. The van der Waals surface area contributed by atoms with Crippen molar-refractivity contribution in [3.8, 4) is 0 Å². The van der Waals surface area contributed by atoms with Gasteiger partial charge in [-0.1, -0.05) is 6.07 Å². The summed E-state index contributed by atoms with van der Waals surface area (Å²) in [6.45, 7) is 0. The zero-order chi connectivity index (χ0) is 15.4. The fourth-order valence-electron chi connectivity index (χ4n) is 5.79. The number of aromatic nitrogens is 1. The van der Waals surface area contributed by atoms with Crippen molar-refractivity contribution in [2.45, 2.75) is 44.1 Å². The third-order valence-corrected chi connectivity index (χ3v) is 6.28. The van der Waals surface area contributed by atoms with Crippen molar-refractivity contribution in [2.75, 3.05) is 0 Å². The highest BCUT2D eigenvalue weighted by Gasteiger charge is 2.51. The Hall–Kier alpha value is -1.90. The van der Waals surface area contributed by atoms with Crippen molar-refractivity contribution in [2.24, 2.45) is 17.8 Å². The Balaban J connectivity index is 1.42. The van der Waals surface area contributed by atoms with Gasteiger partial charge in [0.15, 0.2) is 0 Å². The molecule has 4 saturated carbocycles. The average molecular weight is 306 g/mol.